The van der Waals surface area contributed by atoms with Crippen molar-refractivity contribution in [3.05, 3.63) is 39.4 Å². The molecule has 2 aliphatic heterocycles. The van der Waals surface area contributed by atoms with Crippen molar-refractivity contribution in [2.45, 2.75) is 20.3 Å². The van der Waals surface area contributed by atoms with E-state index in [9.17, 15) is 29.3 Å². The van der Waals surface area contributed by atoms with Gasteiger partial charge >= 0.3 is 0 Å². The van der Waals surface area contributed by atoms with E-state index in [0.29, 0.717) is 32.6 Å². The first-order valence-electron chi connectivity index (χ1n) is 9.39. The van der Waals surface area contributed by atoms with Gasteiger partial charge in [-0.3, -0.25) is 34.2 Å². The molecule has 2 heterocycles. The zero-order valence-corrected chi connectivity index (χ0v) is 16.3. The van der Waals surface area contributed by atoms with Gasteiger partial charge in [-0.1, -0.05) is 13.8 Å². The van der Waals surface area contributed by atoms with Crippen molar-refractivity contribution in [1.29, 1.82) is 0 Å². The molecule has 1 fully saturated rings. The number of nitro groups is 1. The summed E-state index contributed by atoms with van der Waals surface area (Å²) in [5.41, 5.74) is -0.307. The van der Waals surface area contributed by atoms with E-state index in [0.717, 1.165) is 17.0 Å². The van der Waals surface area contributed by atoms with E-state index >= 15 is 0 Å². The molecule has 1 saturated heterocycles. The van der Waals surface area contributed by atoms with Crippen LogP contribution in [0.1, 0.15) is 41.0 Å². The molecule has 10 heteroatoms. The quantitative estimate of drug-likeness (QED) is 0.410. The summed E-state index contributed by atoms with van der Waals surface area (Å²) in [5, 5.41) is 10.9. The van der Waals surface area contributed by atoms with E-state index in [-0.39, 0.29) is 28.6 Å². The topological polar surface area (TPSA) is 121 Å². The van der Waals surface area contributed by atoms with Crippen LogP contribution < -0.4 is 0 Å². The van der Waals surface area contributed by atoms with Crippen LogP contribution in [0.4, 0.5) is 5.69 Å². The van der Waals surface area contributed by atoms with E-state index in [1.165, 1.54) is 11.0 Å². The van der Waals surface area contributed by atoms with Crippen molar-refractivity contribution in [2.24, 2.45) is 5.92 Å². The number of nitro benzene ring substituents is 1. The van der Waals surface area contributed by atoms with Gasteiger partial charge in [0.05, 0.1) is 16.1 Å². The molecule has 0 N–H and O–H groups in total. The Morgan fingerprint density at radius 2 is 1.55 bits per heavy atom. The second-order valence-electron chi connectivity index (χ2n) is 7.54. The van der Waals surface area contributed by atoms with Crippen molar-refractivity contribution in [3.63, 3.8) is 0 Å². The van der Waals surface area contributed by atoms with Crippen molar-refractivity contribution in [1.82, 2.24) is 14.7 Å². The lowest BCUT2D eigenvalue weighted by molar-refractivity contribution is -0.384. The molecule has 4 amide bonds. The van der Waals surface area contributed by atoms with Crippen LogP contribution in [0, 0.1) is 16.0 Å². The third-order valence-corrected chi connectivity index (χ3v) is 5.03. The maximum atomic E-state index is 12.6. The lowest BCUT2D eigenvalue weighted by Gasteiger charge is -2.35. The fraction of sp³-hybridized carbons (Fsp3) is 0.474. The van der Waals surface area contributed by atoms with E-state index in [1.54, 1.807) is 4.90 Å². The van der Waals surface area contributed by atoms with Gasteiger partial charge in [-0.2, -0.15) is 0 Å². The van der Waals surface area contributed by atoms with Gasteiger partial charge in [-0.15, -0.1) is 0 Å². The normalized spacial score (nSPS) is 16.4. The summed E-state index contributed by atoms with van der Waals surface area (Å²) in [6.07, 6.45) is 0.453. The summed E-state index contributed by atoms with van der Waals surface area (Å²) < 4.78 is 0. The maximum absolute atomic E-state index is 12.6. The minimum Gasteiger partial charge on any atom is -0.339 e. The number of rotatable bonds is 5. The summed E-state index contributed by atoms with van der Waals surface area (Å²) in [6, 6.07) is 3.44. The molecule has 0 unspecified atom stereocenters. The molecule has 2 aliphatic rings. The van der Waals surface area contributed by atoms with Crippen LogP contribution in [0.25, 0.3) is 0 Å². The molecule has 1 aromatic rings. The monoisotopic (exact) mass is 402 g/mol. The number of imide groups is 1. The molecule has 0 aromatic heterocycles. The standard InChI is InChI=1S/C19H22N4O6/c1-12(2)9-16(24)20-5-7-21(8-6-20)17(25)11-22-18(26)14-4-3-13(23(28)29)10-15(14)19(22)27/h3-4,10,12H,5-9,11H2,1-2H3. The third kappa shape index (κ3) is 4.10. The largest absolute Gasteiger partial charge is 0.339 e. The van der Waals surface area contributed by atoms with Crippen LogP contribution in [0.15, 0.2) is 18.2 Å². The number of benzene rings is 1. The highest BCUT2D eigenvalue weighted by atomic mass is 16.6. The SMILES string of the molecule is CC(C)CC(=O)N1CCN(C(=O)CN2C(=O)c3ccc([N+](=O)[O-])cc3C2=O)CC1. The highest BCUT2D eigenvalue weighted by molar-refractivity contribution is 6.22. The Bertz CT molecular complexity index is 889. The lowest BCUT2D eigenvalue weighted by Crippen LogP contribution is -2.53. The van der Waals surface area contributed by atoms with Crippen LogP contribution in [-0.4, -0.2) is 76.0 Å². The molecule has 29 heavy (non-hydrogen) atoms. The van der Waals surface area contributed by atoms with E-state index in [4.69, 9.17) is 0 Å². The van der Waals surface area contributed by atoms with Crippen LogP contribution in [0.3, 0.4) is 0 Å². The molecule has 154 valence electrons. The second-order valence-corrected chi connectivity index (χ2v) is 7.54. The Morgan fingerprint density at radius 1 is 1.00 bits per heavy atom. The summed E-state index contributed by atoms with van der Waals surface area (Å²) in [7, 11) is 0. The second kappa shape index (κ2) is 7.98. The third-order valence-electron chi connectivity index (χ3n) is 5.03. The predicted molar refractivity (Wildman–Crippen MR) is 101 cm³/mol. The molecule has 3 rings (SSSR count). The number of non-ortho nitro benzene ring substituents is 1. The molecule has 10 nitrogen and oxygen atoms in total. The van der Waals surface area contributed by atoms with Crippen LogP contribution >= 0.6 is 0 Å². The Kier molecular flexibility index (Phi) is 5.62. The number of amides is 4. The van der Waals surface area contributed by atoms with Crippen molar-refractivity contribution < 1.29 is 24.1 Å². The predicted octanol–water partition coefficient (Wildman–Crippen LogP) is 0.908. The zero-order chi connectivity index (χ0) is 21.3. The van der Waals surface area contributed by atoms with Gasteiger partial charge in [0.2, 0.25) is 11.8 Å². The van der Waals surface area contributed by atoms with Gasteiger partial charge in [0, 0.05) is 44.7 Å². The molecular formula is C19H22N4O6. The lowest BCUT2D eigenvalue weighted by atomic mass is 10.1. The Labute approximate surface area is 167 Å². The molecule has 0 aliphatic carbocycles. The molecule has 0 radical (unpaired) electrons. The summed E-state index contributed by atoms with van der Waals surface area (Å²) in [6.45, 7) is 4.98. The van der Waals surface area contributed by atoms with Crippen LogP contribution in [0.2, 0.25) is 0 Å². The molecule has 0 saturated carbocycles. The van der Waals surface area contributed by atoms with Gasteiger partial charge in [0.25, 0.3) is 17.5 Å². The zero-order valence-electron chi connectivity index (χ0n) is 16.3. The van der Waals surface area contributed by atoms with Gasteiger partial charge in [-0.05, 0) is 12.0 Å². The minimum absolute atomic E-state index is 0.0500. The number of nitrogens with zero attached hydrogens (tertiary/aromatic N) is 4. The molecule has 0 atom stereocenters. The first-order valence-corrected chi connectivity index (χ1v) is 9.39. The minimum atomic E-state index is -0.715. The Balaban J connectivity index is 1.62. The number of hydrogen-bond donors (Lipinski definition) is 0. The van der Waals surface area contributed by atoms with Crippen LogP contribution in [-0.2, 0) is 9.59 Å². The molecule has 1 aromatic carbocycles. The first kappa shape index (κ1) is 20.4. The van der Waals surface area contributed by atoms with Crippen molar-refractivity contribution in [3.8, 4) is 0 Å². The smallest absolute Gasteiger partial charge is 0.270 e. The van der Waals surface area contributed by atoms with Gasteiger partial charge in [-0.25, -0.2) is 0 Å². The molecule has 0 bridgehead atoms. The summed E-state index contributed by atoms with van der Waals surface area (Å²) in [4.78, 5) is 64.0. The fourth-order valence-electron chi connectivity index (χ4n) is 3.45. The van der Waals surface area contributed by atoms with Crippen molar-refractivity contribution >= 4 is 29.3 Å². The number of fused-ring (bicyclic) bond motifs is 1. The number of hydrogen-bond acceptors (Lipinski definition) is 6. The Morgan fingerprint density at radius 3 is 2.10 bits per heavy atom. The van der Waals surface area contributed by atoms with E-state index in [1.807, 2.05) is 13.8 Å². The van der Waals surface area contributed by atoms with Gasteiger partial charge < -0.3 is 9.80 Å². The highest BCUT2D eigenvalue weighted by Gasteiger charge is 2.39. The maximum Gasteiger partial charge on any atom is 0.270 e. The van der Waals surface area contributed by atoms with Crippen molar-refractivity contribution in [2.75, 3.05) is 32.7 Å². The highest BCUT2D eigenvalue weighted by Crippen LogP contribution is 2.26. The van der Waals surface area contributed by atoms with Gasteiger partial charge in [0.1, 0.15) is 6.54 Å². The van der Waals surface area contributed by atoms with E-state index < -0.39 is 29.2 Å². The van der Waals surface area contributed by atoms with E-state index in [2.05, 4.69) is 0 Å². The molecular weight excluding hydrogens is 380 g/mol. The summed E-state index contributed by atoms with van der Waals surface area (Å²) in [5.74, 6) is -1.45. The number of carbonyl (C=O) groups is 4. The summed E-state index contributed by atoms with van der Waals surface area (Å²) >= 11 is 0. The fourth-order valence-corrected chi connectivity index (χ4v) is 3.45. The van der Waals surface area contributed by atoms with Gasteiger partial charge in [0.15, 0.2) is 0 Å². The molecule has 0 spiro atoms. The number of piperazine rings is 1. The first-order chi connectivity index (χ1) is 13.7. The number of carbonyl (C=O) groups excluding carboxylic acids is 4. The Hall–Kier alpha value is -3.30. The average molecular weight is 402 g/mol. The van der Waals surface area contributed by atoms with Crippen LogP contribution in [0.5, 0.6) is 0 Å². The average Bonchev–Trinajstić information content (AvgIpc) is 2.92.